The molecule has 0 radical (unpaired) electrons. The Kier molecular flexibility index (Phi) is 14.3. The Morgan fingerprint density at radius 2 is 0.483 bits per heavy atom. The molecular formula is C106H64N10. The Bertz CT molecular complexity index is 7670. The first kappa shape index (κ1) is 64.8. The van der Waals surface area contributed by atoms with Crippen LogP contribution in [0.15, 0.2) is 388 Å². The van der Waals surface area contributed by atoms with E-state index in [-0.39, 0.29) is 0 Å². The number of aromatic nitrogens is 9. The van der Waals surface area contributed by atoms with Crippen LogP contribution in [-0.2, 0) is 0 Å². The van der Waals surface area contributed by atoms with Gasteiger partial charge in [-0.2, -0.15) is 5.26 Å². The average molecular weight is 1480 g/mol. The summed E-state index contributed by atoms with van der Waals surface area (Å²) in [5.41, 5.74) is 25.9. The summed E-state index contributed by atoms with van der Waals surface area (Å²) in [5.74, 6) is 1.57. The molecule has 0 spiro atoms. The zero-order chi connectivity index (χ0) is 76.2. The lowest BCUT2D eigenvalue weighted by molar-refractivity contribution is 1.06. The lowest BCUT2D eigenvalue weighted by Gasteiger charge is -2.22. The molecule has 24 rings (SSSR count). The monoisotopic (exact) mass is 1480 g/mol. The summed E-state index contributed by atoms with van der Waals surface area (Å²) < 4.78 is 14.6. The molecule has 0 amide bonds. The highest BCUT2D eigenvalue weighted by Gasteiger charge is 2.29. The Morgan fingerprint density at radius 1 is 0.190 bits per heavy atom. The average Bonchev–Trinajstić information content (AvgIpc) is 1.51. The van der Waals surface area contributed by atoms with Crippen molar-refractivity contribution in [1.29, 1.82) is 5.26 Å². The molecule has 116 heavy (non-hydrogen) atoms. The first-order valence-corrected chi connectivity index (χ1v) is 39.3. The van der Waals surface area contributed by atoms with E-state index < -0.39 is 0 Å². The molecule has 0 unspecified atom stereocenters. The fraction of sp³-hybridized carbons (Fsp3) is 0. The largest absolute Gasteiger partial charge is 0.309 e. The van der Waals surface area contributed by atoms with Crippen LogP contribution in [0.5, 0.6) is 0 Å². The smallest absolute Gasteiger partial charge is 0.166 e. The Labute approximate surface area is 664 Å². The van der Waals surface area contributed by atoms with Gasteiger partial charge in [-0.25, -0.2) is 15.0 Å². The molecule has 24 aromatic rings. The number of hydrogen-bond acceptors (Lipinski definition) is 4. The molecule has 0 aliphatic rings. The second-order valence-corrected chi connectivity index (χ2v) is 30.1. The van der Waals surface area contributed by atoms with Gasteiger partial charge in [0.2, 0.25) is 0 Å². The van der Waals surface area contributed by atoms with Crippen LogP contribution >= 0.6 is 0 Å². The number of nitriles is 1. The van der Waals surface area contributed by atoms with Crippen LogP contribution in [0.3, 0.4) is 0 Å². The van der Waals surface area contributed by atoms with Gasteiger partial charge in [-0.05, 0) is 168 Å². The zero-order valence-electron chi connectivity index (χ0n) is 62.4. The third kappa shape index (κ3) is 9.79. The van der Waals surface area contributed by atoms with Crippen molar-refractivity contribution in [2.24, 2.45) is 0 Å². The quantitative estimate of drug-likeness (QED) is 0.129. The van der Waals surface area contributed by atoms with Crippen molar-refractivity contribution in [2.45, 2.75) is 0 Å². The highest BCUT2D eigenvalue weighted by molar-refractivity contribution is 6.18. The predicted molar refractivity (Wildman–Crippen MR) is 478 cm³/mol. The van der Waals surface area contributed by atoms with Crippen molar-refractivity contribution in [3.8, 4) is 96.6 Å². The van der Waals surface area contributed by atoms with Crippen molar-refractivity contribution in [1.82, 2.24) is 42.4 Å². The van der Waals surface area contributed by atoms with E-state index in [1.54, 1.807) is 0 Å². The zero-order valence-corrected chi connectivity index (χ0v) is 62.4. The van der Waals surface area contributed by atoms with Gasteiger partial charge >= 0.3 is 0 Å². The van der Waals surface area contributed by atoms with Crippen LogP contribution in [0.4, 0.5) is 0 Å². The number of fused-ring (bicyclic) bond motifs is 18. The molecule has 17 aromatic carbocycles. The summed E-state index contributed by atoms with van der Waals surface area (Å²) in [7, 11) is 0. The molecule has 0 saturated carbocycles. The van der Waals surface area contributed by atoms with E-state index >= 15 is 0 Å². The van der Waals surface area contributed by atoms with Gasteiger partial charge in [-0.15, -0.1) is 0 Å². The highest BCUT2D eigenvalue weighted by Crippen LogP contribution is 2.49. The normalized spacial score (nSPS) is 12.0. The Morgan fingerprint density at radius 3 is 0.819 bits per heavy atom. The maximum atomic E-state index is 10.3. The molecule has 7 heterocycles. The Hall–Kier alpha value is -16.0. The van der Waals surface area contributed by atoms with Crippen LogP contribution in [-0.4, -0.2) is 42.4 Å². The van der Waals surface area contributed by atoms with Crippen LogP contribution in [0, 0.1) is 11.3 Å². The predicted octanol–water partition coefficient (Wildman–Crippen LogP) is 26.7. The van der Waals surface area contributed by atoms with Crippen LogP contribution < -0.4 is 0 Å². The number of nitrogens with zero attached hydrogens (tertiary/aromatic N) is 10. The molecule has 0 N–H and O–H groups in total. The summed E-state index contributed by atoms with van der Waals surface area (Å²) in [6.07, 6.45) is 0. The molecule has 10 heteroatoms. The van der Waals surface area contributed by atoms with E-state index in [2.05, 4.69) is 373 Å². The van der Waals surface area contributed by atoms with Gasteiger partial charge in [0.15, 0.2) is 17.5 Å². The van der Waals surface area contributed by atoms with Gasteiger partial charge in [0.25, 0.3) is 0 Å². The number of para-hydroxylation sites is 8. The molecule has 7 aromatic heterocycles. The number of benzene rings is 17. The van der Waals surface area contributed by atoms with Crippen molar-refractivity contribution in [2.75, 3.05) is 0 Å². The number of rotatable bonds is 11. The molecule has 10 nitrogen and oxygen atoms in total. The number of hydrogen-bond donors (Lipinski definition) is 0. The molecule has 0 aliphatic heterocycles. The fourth-order valence-corrected chi connectivity index (χ4v) is 18.8. The summed E-state index contributed by atoms with van der Waals surface area (Å²) >= 11 is 0. The lowest BCUT2D eigenvalue weighted by Crippen LogP contribution is -2.06. The van der Waals surface area contributed by atoms with E-state index in [0.717, 1.165) is 161 Å². The topological polar surface area (TPSA) is 92.0 Å². The van der Waals surface area contributed by atoms with Gasteiger partial charge in [0.05, 0.1) is 94.8 Å². The van der Waals surface area contributed by atoms with Gasteiger partial charge < -0.3 is 27.4 Å². The summed E-state index contributed by atoms with van der Waals surface area (Å²) in [6, 6.07) is 143. The lowest BCUT2D eigenvalue weighted by atomic mass is 9.92. The van der Waals surface area contributed by atoms with Crippen LogP contribution in [0.2, 0.25) is 0 Å². The van der Waals surface area contributed by atoms with E-state index in [1.165, 1.54) is 43.1 Å². The SMILES string of the molecule is N#Cc1ccc(-c2ccc(-n3c4ccc(-n5c6ccccc6c6ccccc65)cc4c4cc(-n5c6ccccc6c6ccccc65)ccc43)c(-c3cccc(-n4c5ccc(-n6c7ccccc7c7ccccc76)cc5c5cc(-n6c7ccccc7c7ccccc76)ccc54)c3-c3nc(-c4ccccc4)nc(-c4ccccc4)n3)c2)cc1. The van der Waals surface area contributed by atoms with Gasteiger partial charge in [0, 0.05) is 104 Å². The maximum absolute atomic E-state index is 10.3. The first-order valence-electron chi connectivity index (χ1n) is 39.3. The van der Waals surface area contributed by atoms with Crippen molar-refractivity contribution in [3.63, 3.8) is 0 Å². The van der Waals surface area contributed by atoms with Crippen molar-refractivity contribution < 1.29 is 0 Å². The summed E-state index contributed by atoms with van der Waals surface area (Å²) in [5, 5.41) is 24.2. The van der Waals surface area contributed by atoms with Crippen molar-refractivity contribution in [3.05, 3.63) is 394 Å². The minimum absolute atomic E-state index is 0.491. The summed E-state index contributed by atoms with van der Waals surface area (Å²) in [4.78, 5) is 17.0. The maximum Gasteiger partial charge on any atom is 0.166 e. The fourth-order valence-electron chi connectivity index (χ4n) is 18.8. The van der Waals surface area contributed by atoms with E-state index in [4.69, 9.17) is 15.0 Å². The second kappa shape index (κ2) is 25.5. The second-order valence-electron chi connectivity index (χ2n) is 30.1. The molecule has 0 aliphatic carbocycles. The minimum Gasteiger partial charge on any atom is -0.309 e. The molecule has 0 fully saturated rings. The van der Waals surface area contributed by atoms with Gasteiger partial charge in [0.1, 0.15) is 0 Å². The third-order valence-corrected chi connectivity index (χ3v) is 23.9. The van der Waals surface area contributed by atoms with E-state index in [0.29, 0.717) is 23.0 Å². The molecule has 0 saturated heterocycles. The van der Waals surface area contributed by atoms with Crippen LogP contribution in [0.1, 0.15) is 5.56 Å². The standard InChI is InChI=1S/C106H64N10/c107-65-66-46-48-67(49-47-66)70-50-55-97(115-98-56-51-71(111-89-37-15-7-28-75(89)76-29-8-16-38-90(76)111)61-85(98)86-62-72(52-57-99(86)115)112-91-39-17-9-30-77(91)78-31-10-18-40-92(78)112)84(60-70)83-36-23-45-102(103(83)106-109-104(68-24-3-1-4-25-68)108-105(110-106)69-26-5-2-6-27-69)116-100-58-53-73(113-93-41-19-11-32-79(93)80-33-12-20-42-94(80)113)63-87(100)88-64-74(54-59-101(88)116)114-95-43-21-13-34-81(95)82-35-14-22-44-96(82)114/h1-64H. The highest BCUT2D eigenvalue weighted by atomic mass is 15.1. The molecule has 0 bridgehead atoms. The first-order chi connectivity index (χ1) is 57.5. The van der Waals surface area contributed by atoms with Crippen LogP contribution in [0.25, 0.3) is 221 Å². The van der Waals surface area contributed by atoms with E-state index in [9.17, 15) is 5.26 Å². The summed E-state index contributed by atoms with van der Waals surface area (Å²) in [6.45, 7) is 0. The Balaban J connectivity index is 0.826. The minimum atomic E-state index is 0.491. The van der Waals surface area contributed by atoms with Crippen molar-refractivity contribution >= 4 is 131 Å². The van der Waals surface area contributed by atoms with E-state index in [1.807, 2.05) is 48.5 Å². The molecule has 538 valence electrons. The third-order valence-electron chi connectivity index (χ3n) is 23.9. The van der Waals surface area contributed by atoms with Gasteiger partial charge in [-0.1, -0.05) is 237 Å². The molecule has 0 atom stereocenters. The molecular weight excluding hydrogens is 1410 g/mol. The van der Waals surface area contributed by atoms with Gasteiger partial charge in [-0.3, -0.25) is 0 Å².